The minimum Gasteiger partial charge on any atom is -0.396 e. The van der Waals surface area contributed by atoms with Gasteiger partial charge in [-0.15, -0.1) is 0 Å². The number of rotatable bonds is 9. The van der Waals surface area contributed by atoms with Gasteiger partial charge in [0, 0.05) is 25.2 Å². The van der Waals surface area contributed by atoms with Crippen molar-refractivity contribution in [1.29, 1.82) is 0 Å². The average Bonchev–Trinajstić information content (AvgIpc) is 2.72. The highest BCUT2D eigenvalue weighted by molar-refractivity contribution is 5.44. The van der Waals surface area contributed by atoms with Crippen LogP contribution in [0.2, 0.25) is 0 Å². The molecule has 4 fully saturated rings. The van der Waals surface area contributed by atoms with E-state index in [-0.39, 0.29) is 18.0 Å². The Bertz CT molecular complexity index is 870. The fraction of sp³-hybridized carbons (Fsp3) is 0.609. The van der Waals surface area contributed by atoms with Crippen LogP contribution < -0.4 is 16.0 Å². The van der Waals surface area contributed by atoms with Crippen molar-refractivity contribution in [3.8, 4) is 0 Å². The van der Waals surface area contributed by atoms with Crippen molar-refractivity contribution in [1.82, 2.24) is 15.0 Å². The summed E-state index contributed by atoms with van der Waals surface area (Å²) in [7, 11) is 0. The lowest BCUT2D eigenvalue weighted by molar-refractivity contribution is 0.0103. The number of nitrogens with zero attached hydrogens (tertiary/aromatic N) is 3. The zero-order valence-corrected chi connectivity index (χ0v) is 17.8. The molecule has 4 aliphatic rings. The summed E-state index contributed by atoms with van der Waals surface area (Å²) in [4.78, 5) is 13.8. The number of anilines is 3. The summed E-state index contributed by atoms with van der Waals surface area (Å²) in [6, 6.07) is 6.40. The molecule has 0 atom stereocenters. The molecule has 0 radical (unpaired) electrons. The third-order valence-electron chi connectivity index (χ3n) is 7.03. The van der Waals surface area contributed by atoms with E-state index < -0.39 is 0 Å². The van der Waals surface area contributed by atoms with E-state index >= 15 is 0 Å². The molecule has 0 aliphatic heterocycles. The van der Waals surface area contributed by atoms with Crippen molar-refractivity contribution in [2.24, 2.45) is 17.8 Å². The molecule has 7 nitrogen and oxygen atoms in total. The summed E-state index contributed by atoms with van der Waals surface area (Å²) in [5.41, 5.74) is 1.05. The van der Waals surface area contributed by atoms with E-state index in [1.165, 1.54) is 50.7 Å². The lowest BCUT2D eigenvalue weighted by atomic mass is 9.53. The largest absolute Gasteiger partial charge is 0.396 e. The SMILES string of the molecule is OCCCNc1nc(NCc2ccc(F)cc2)nc(NC23CC4CC(CC(C4)C2)C3)n1. The second-order valence-electron chi connectivity index (χ2n) is 9.61. The highest BCUT2D eigenvalue weighted by atomic mass is 19.1. The molecule has 0 amide bonds. The summed E-state index contributed by atoms with van der Waals surface area (Å²) in [6.07, 6.45) is 8.40. The van der Waals surface area contributed by atoms with Crippen molar-refractivity contribution in [3.05, 3.63) is 35.6 Å². The van der Waals surface area contributed by atoms with Gasteiger partial charge < -0.3 is 21.1 Å². The van der Waals surface area contributed by atoms with Crippen LogP contribution in [0.1, 0.15) is 50.5 Å². The zero-order valence-electron chi connectivity index (χ0n) is 17.8. The van der Waals surface area contributed by atoms with Crippen LogP contribution in [0, 0.1) is 23.6 Å². The van der Waals surface area contributed by atoms with Crippen molar-refractivity contribution in [2.75, 3.05) is 29.1 Å². The smallest absolute Gasteiger partial charge is 0.229 e. The van der Waals surface area contributed by atoms with Gasteiger partial charge in [0.05, 0.1) is 0 Å². The Morgan fingerprint density at radius 2 is 1.45 bits per heavy atom. The fourth-order valence-corrected chi connectivity index (χ4v) is 6.15. The van der Waals surface area contributed by atoms with Gasteiger partial charge in [0.25, 0.3) is 0 Å². The van der Waals surface area contributed by atoms with Gasteiger partial charge >= 0.3 is 0 Å². The van der Waals surface area contributed by atoms with Gasteiger partial charge in [-0.1, -0.05) is 12.1 Å². The first-order chi connectivity index (χ1) is 15.1. The molecule has 0 spiro atoms. The summed E-state index contributed by atoms with van der Waals surface area (Å²) < 4.78 is 13.2. The summed E-state index contributed by atoms with van der Waals surface area (Å²) >= 11 is 0. The number of hydrogen-bond acceptors (Lipinski definition) is 7. The van der Waals surface area contributed by atoms with Crippen LogP contribution in [0.15, 0.2) is 24.3 Å². The Balaban J connectivity index is 1.33. The Hall–Kier alpha value is -2.48. The number of nitrogens with one attached hydrogen (secondary N) is 3. The topological polar surface area (TPSA) is 95.0 Å². The molecule has 166 valence electrons. The Kier molecular flexibility index (Phi) is 5.65. The standard InChI is InChI=1S/C23H31FN6O/c24-19-4-2-15(3-5-19)14-26-21-27-20(25-6-1-7-31)28-22(29-21)30-23-11-16-8-17(12-23)10-18(9-16)13-23/h2-5,16-18,31H,1,6-14H2,(H3,25,26,27,28,29,30). The summed E-state index contributed by atoms with van der Waals surface area (Å²) in [5.74, 6) is 3.83. The first kappa shape index (κ1) is 20.4. The predicted molar refractivity (Wildman–Crippen MR) is 118 cm³/mol. The number of aliphatic hydroxyl groups is 1. The highest BCUT2D eigenvalue weighted by Gasteiger charge is 2.51. The van der Waals surface area contributed by atoms with E-state index in [1.807, 2.05) is 0 Å². The molecule has 6 rings (SSSR count). The van der Waals surface area contributed by atoms with Gasteiger partial charge in [0.1, 0.15) is 5.82 Å². The van der Waals surface area contributed by atoms with Gasteiger partial charge in [-0.3, -0.25) is 0 Å². The highest BCUT2D eigenvalue weighted by Crippen LogP contribution is 2.56. The van der Waals surface area contributed by atoms with E-state index in [9.17, 15) is 4.39 Å². The maximum absolute atomic E-state index is 13.2. The van der Waals surface area contributed by atoms with Crippen LogP contribution in [0.5, 0.6) is 0 Å². The van der Waals surface area contributed by atoms with Gasteiger partial charge in [0.2, 0.25) is 17.8 Å². The molecule has 4 N–H and O–H groups in total. The van der Waals surface area contributed by atoms with Crippen LogP contribution in [0.25, 0.3) is 0 Å². The maximum atomic E-state index is 13.2. The van der Waals surface area contributed by atoms with Gasteiger partial charge in [-0.05, 0) is 80.4 Å². The molecule has 8 heteroatoms. The number of halogens is 1. The molecule has 1 aromatic carbocycles. The third kappa shape index (κ3) is 4.74. The molecule has 4 aliphatic carbocycles. The van der Waals surface area contributed by atoms with Gasteiger partial charge in [-0.2, -0.15) is 15.0 Å². The quantitative estimate of drug-likeness (QED) is 0.453. The number of aromatic nitrogens is 3. The predicted octanol–water partition coefficient (Wildman–Crippen LogP) is 3.80. The second-order valence-corrected chi connectivity index (χ2v) is 9.61. The molecule has 31 heavy (non-hydrogen) atoms. The lowest BCUT2D eigenvalue weighted by Gasteiger charge is -2.56. The molecular weight excluding hydrogens is 395 g/mol. The zero-order chi connectivity index (χ0) is 21.3. The minimum absolute atomic E-state index is 0.104. The summed E-state index contributed by atoms with van der Waals surface area (Å²) in [5, 5.41) is 19.2. The summed E-state index contributed by atoms with van der Waals surface area (Å²) in [6.45, 7) is 1.21. The Morgan fingerprint density at radius 1 is 0.871 bits per heavy atom. The van der Waals surface area contributed by atoms with Crippen molar-refractivity contribution in [2.45, 2.75) is 57.0 Å². The van der Waals surface area contributed by atoms with Gasteiger partial charge in [-0.25, -0.2) is 4.39 Å². The maximum Gasteiger partial charge on any atom is 0.229 e. The number of benzene rings is 1. The molecule has 0 saturated heterocycles. The van der Waals surface area contributed by atoms with E-state index in [1.54, 1.807) is 12.1 Å². The van der Waals surface area contributed by atoms with E-state index in [2.05, 4.69) is 30.9 Å². The van der Waals surface area contributed by atoms with E-state index in [4.69, 9.17) is 5.11 Å². The van der Waals surface area contributed by atoms with Crippen LogP contribution in [0.3, 0.4) is 0 Å². The van der Waals surface area contributed by atoms with Crippen LogP contribution in [-0.2, 0) is 6.54 Å². The normalized spacial score (nSPS) is 28.5. The lowest BCUT2D eigenvalue weighted by Crippen LogP contribution is -2.55. The fourth-order valence-electron chi connectivity index (χ4n) is 6.15. The van der Waals surface area contributed by atoms with E-state index in [0.717, 1.165) is 23.3 Å². The van der Waals surface area contributed by atoms with Crippen molar-refractivity contribution in [3.63, 3.8) is 0 Å². The molecule has 2 aromatic rings. The molecule has 0 unspecified atom stereocenters. The van der Waals surface area contributed by atoms with Crippen LogP contribution in [-0.4, -0.2) is 38.7 Å². The van der Waals surface area contributed by atoms with Gasteiger partial charge in [0.15, 0.2) is 0 Å². The molecule has 4 saturated carbocycles. The molecular formula is C23H31FN6O. The number of aliphatic hydroxyl groups excluding tert-OH is 1. The Labute approximate surface area is 182 Å². The Morgan fingerprint density at radius 3 is 2.06 bits per heavy atom. The first-order valence-corrected chi connectivity index (χ1v) is 11.5. The molecule has 4 bridgehead atoms. The van der Waals surface area contributed by atoms with Crippen molar-refractivity contribution >= 4 is 17.8 Å². The number of hydrogen-bond donors (Lipinski definition) is 4. The average molecular weight is 427 g/mol. The van der Waals surface area contributed by atoms with Crippen molar-refractivity contribution < 1.29 is 9.50 Å². The second kappa shape index (κ2) is 8.57. The van der Waals surface area contributed by atoms with E-state index in [0.29, 0.717) is 37.4 Å². The molecule has 1 aromatic heterocycles. The molecule has 1 heterocycles. The third-order valence-corrected chi connectivity index (χ3v) is 7.03. The monoisotopic (exact) mass is 426 g/mol. The minimum atomic E-state index is -0.249. The van der Waals surface area contributed by atoms with Crippen LogP contribution >= 0.6 is 0 Å². The first-order valence-electron chi connectivity index (χ1n) is 11.5. The van der Waals surface area contributed by atoms with Crippen LogP contribution in [0.4, 0.5) is 22.2 Å².